The molecule has 0 aliphatic heterocycles. The van der Waals surface area contributed by atoms with Gasteiger partial charge in [-0.15, -0.1) is 0 Å². The summed E-state index contributed by atoms with van der Waals surface area (Å²) in [5.41, 5.74) is -0.655. The van der Waals surface area contributed by atoms with Gasteiger partial charge in [-0.3, -0.25) is 0 Å². The highest BCUT2D eigenvalue weighted by molar-refractivity contribution is 5.89. The van der Waals surface area contributed by atoms with Gasteiger partial charge in [0, 0.05) is 18.7 Å². The molecule has 2 rings (SSSR count). The van der Waals surface area contributed by atoms with Crippen LogP contribution in [0.5, 0.6) is 0 Å². The van der Waals surface area contributed by atoms with E-state index in [9.17, 15) is 14.3 Å². The van der Waals surface area contributed by atoms with Crippen LogP contribution in [0.25, 0.3) is 0 Å². The summed E-state index contributed by atoms with van der Waals surface area (Å²) in [4.78, 5) is 11.7. The zero-order valence-corrected chi connectivity index (χ0v) is 11.6. The molecule has 0 aliphatic rings. The van der Waals surface area contributed by atoms with Crippen LogP contribution in [0.3, 0.4) is 0 Å². The predicted octanol–water partition coefficient (Wildman–Crippen LogP) is 2.53. The summed E-state index contributed by atoms with van der Waals surface area (Å²) in [7, 11) is 0. The second kappa shape index (κ2) is 6.41. The molecule has 3 N–H and O–H groups in total. The molecule has 6 heteroatoms. The first-order valence-electron chi connectivity index (χ1n) is 6.50. The summed E-state index contributed by atoms with van der Waals surface area (Å²) >= 11 is 0. The van der Waals surface area contributed by atoms with Gasteiger partial charge in [-0.1, -0.05) is 0 Å². The van der Waals surface area contributed by atoms with Crippen LogP contribution in [0.1, 0.15) is 12.7 Å². The minimum atomic E-state index is -1.13. The van der Waals surface area contributed by atoms with Crippen molar-refractivity contribution in [2.45, 2.75) is 18.9 Å². The second-order valence-corrected chi connectivity index (χ2v) is 5.07. The summed E-state index contributed by atoms with van der Waals surface area (Å²) < 4.78 is 17.9. The van der Waals surface area contributed by atoms with Crippen LogP contribution in [0.2, 0.25) is 0 Å². The van der Waals surface area contributed by atoms with E-state index in [0.29, 0.717) is 11.4 Å². The van der Waals surface area contributed by atoms with Crippen LogP contribution in [0, 0.1) is 5.82 Å². The number of anilines is 1. The van der Waals surface area contributed by atoms with E-state index >= 15 is 0 Å². The highest BCUT2D eigenvalue weighted by atomic mass is 19.1. The molecule has 5 nitrogen and oxygen atoms in total. The van der Waals surface area contributed by atoms with Crippen LogP contribution in [-0.4, -0.2) is 23.3 Å². The summed E-state index contributed by atoms with van der Waals surface area (Å²) in [6, 6.07) is 8.44. The highest BCUT2D eigenvalue weighted by Crippen LogP contribution is 2.13. The van der Waals surface area contributed by atoms with Gasteiger partial charge in [0.05, 0.1) is 11.9 Å². The molecule has 112 valence electrons. The molecule has 0 fully saturated rings. The number of rotatable bonds is 5. The second-order valence-electron chi connectivity index (χ2n) is 5.07. The smallest absolute Gasteiger partial charge is 0.319 e. The van der Waals surface area contributed by atoms with Crippen molar-refractivity contribution in [2.24, 2.45) is 0 Å². The van der Waals surface area contributed by atoms with Crippen LogP contribution in [0.15, 0.2) is 47.1 Å². The number of carbonyl (C=O) groups is 1. The number of aliphatic hydroxyl groups is 1. The summed E-state index contributed by atoms with van der Waals surface area (Å²) in [6.45, 7) is 1.66. The third-order valence-corrected chi connectivity index (χ3v) is 2.87. The summed E-state index contributed by atoms with van der Waals surface area (Å²) in [5.74, 6) is 0.267. The Hall–Kier alpha value is -2.34. The van der Waals surface area contributed by atoms with E-state index in [-0.39, 0.29) is 18.8 Å². The molecule has 0 spiro atoms. The van der Waals surface area contributed by atoms with Gasteiger partial charge in [-0.25, -0.2) is 9.18 Å². The van der Waals surface area contributed by atoms with Crippen molar-refractivity contribution in [3.8, 4) is 0 Å². The van der Waals surface area contributed by atoms with E-state index in [1.165, 1.54) is 30.5 Å². The first kappa shape index (κ1) is 15.1. The molecule has 1 heterocycles. The Bertz CT molecular complexity index is 579. The van der Waals surface area contributed by atoms with Crippen molar-refractivity contribution in [3.05, 3.63) is 54.2 Å². The van der Waals surface area contributed by atoms with Gasteiger partial charge in [-0.2, -0.15) is 0 Å². The van der Waals surface area contributed by atoms with E-state index in [1.807, 2.05) is 0 Å². The number of hydrogen-bond acceptors (Lipinski definition) is 3. The Labute approximate surface area is 121 Å². The quantitative estimate of drug-likeness (QED) is 0.792. The zero-order chi connectivity index (χ0) is 15.3. The molecule has 0 saturated carbocycles. The molecule has 21 heavy (non-hydrogen) atoms. The Morgan fingerprint density at radius 1 is 1.33 bits per heavy atom. The van der Waals surface area contributed by atoms with Gasteiger partial charge >= 0.3 is 6.03 Å². The van der Waals surface area contributed by atoms with E-state index in [4.69, 9.17) is 4.42 Å². The van der Waals surface area contributed by atoms with Crippen molar-refractivity contribution in [1.29, 1.82) is 0 Å². The van der Waals surface area contributed by atoms with Gasteiger partial charge in [0.2, 0.25) is 0 Å². The topological polar surface area (TPSA) is 74.5 Å². The van der Waals surface area contributed by atoms with Crippen molar-refractivity contribution in [3.63, 3.8) is 0 Å². The number of hydrogen-bond donors (Lipinski definition) is 3. The predicted molar refractivity (Wildman–Crippen MR) is 76.5 cm³/mol. The number of halogens is 1. The molecular formula is C15H17FN2O3. The highest BCUT2D eigenvalue weighted by Gasteiger charge is 2.23. The van der Waals surface area contributed by atoms with Crippen molar-refractivity contribution < 1.29 is 18.7 Å². The lowest BCUT2D eigenvalue weighted by Crippen LogP contribution is -2.43. The average Bonchev–Trinajstić information content (AvgIpc) is 2.91. The first-order chi connectivity index (χ1) is 9.94. The van der Waals surface area contributed by atoms with Crippen molar-refractivity contribution >= 4 is 11.7 Å². The molecule has 1 atom stereocenters. The zero-order valence-electron chi connectivity index (χ0n) is 11.6. The number of amides is 2. The van der Waals surface area contributed by atoms with Crippen LogP contribution >= 0.6 is 0 Å². The van der Waals surface area contributed by atoms with E-state index in [2.05, 4.69) is 10.6 Å². The third kappa shape index (κ3) is 4.92. The van der Waals surface area contributed by atoms with Crippen LogP contribution in [0.4, 0.5) is 14.9 Å². The molecule has 2 aromatic rings. The molecule has 0 bridgehead atoms. The lowest BCUT2D eigenvalue weighted by atomic mass is 10.0. The molecule has 0 aliphatic carbocycles. The SMILES string of the molecule is C[C@@](O)(CNC(=O)Nc1ccc(F)cc1)Cc1ccco1. The maximum Gasteiger partial charge on any atom is 0.319 e. The van der Waals surface area contributed by atoms with Crippen molar-refractivity contribution in [2.75, 3.05) is 11.9 Å². The number of furan rings is 1. The van der Waals surface area contributed by atoms with E-state index in [1.54, 1.807) is 19.1 Å². The van der Waals surface area contributed by atoms with Crippen LogP contribution < -0.4 is 10.6 Å². The number of benzene rings is 1. The Morgan fingerprint density at radius 3 is 2.67 bits per heavy atom. The fraction of sp³-hybridized carbons (Fsp3) is 0.267. The molecule has 0 unspecified atom stereocenters. The number of carbonyl (C=O) groups excluding carboxylic acids is 1. The Balaban J connectivity index is 1.81. The van der Waals surface area contributed by atoms with Crippen LogP contribution in [-0.2, 0) is 6.42 Å². The standard InChI is InChI=1S/C15H17FN2O3/c1-15(20,9-13-3-2-8-21-13)10-17-14(19)18-12-6-4-11(16)5-7-12/h2-8,20H,9-10H2,1H3,(H2,17,18,19)/t15-/m0/s1. The normalized spacial score (nSPS) is 13.5. The monoisotopic (exact) mass is 292 g/mol. The number of urea groups is 1. The van der Waals surface area contributed by atoms with E-state index < -0.39 is 11.6 Å². The molecule has 1 aromatic heterocycles. The van der Waals surface area contributed by atoms with Gasteiger partial charge in [0.15, 0.2) is 0 Å². The minimum absolute atomic E-state index is 0.0563. The third-order valence-electron chi connectivity index (χ3n) is 2.87. The summed E-state index contributed by atoms with van der Waals surface area (Å²) in [5, 5.41) is 15.3. The molecule has 2 amide bonds. The first-order valence-corrected chi connectivity index (χ1v) is 6.50. The molecule has 0 radical (unpaired) electrons. The Kier molecular flexibility index (Phi) is 4.59. The van der Waals surface area contributed by atoms with Gasteiger partial charge in [0.25, 0.3) is 0 Å². The minimum Gasteiger partial charge on any atom is -0.469 e. The fourth-order valence-electron chi connectivity index (χ4n) is 1.83. The lowest BCUT2D eigenvalue weighted by Gasteiger charge is -2.22. The fourth-order valence-corrected chi connectivity index (χ4v) is 1.83. The van der Waals surface area contributed by atoms with Crippen molar-refractivity contribution in [1.82, 2.24) is 5.32 Å². The average molecular weight is 292 g/mol. The maximum atomic E-state index is 12.7. The summed E-state index contributed by atoms with van der Waals surface area (Å²) in [6.07, 6.45) is 1.82. The lowest BCUT2D eigenvalue weighted by molar-refractivity contribution is 0.0577. The van der Waals surface area contributed by atoms with Gasteiger partial charge in [0.1, 0.15) is 11.6 Å². The van der Waals surface area contributed by atoms with Gasteiger partial charge in [-0.05, 0) is 43.3 Å². The van der Waals surface area contributed by atoms with E-state index in [0.717, 1.165) is 0 Å². The Morgan fingerprint density at radius 2 is 2.05 bits per heavy atom. The largest absolute Gasteiger partial charge is 0.469 e. The molecule has 1 aromatic carbocycles. The van der Waals surface area contributed by atoms with Gasteiger partial charge < -0.3 is 20.2 Å². The number of nitrogens with one attached hydrogen (secondary N) is 2. The molecular weight excluding hydrogens is 275 g/mol. The maximum absolute atomic E-state index is 12.7. The molecule has 0 saturated heterocycles.